The van der Waals surface area contributed by atoms with E-state index < -0.39 is 12.1 Å². The summed E-state index contributed by atoms with van der Waals surface area (Å²) < 4.78 is 6.69. The summed E-state index contributed by atoms with van der Waals surface area (Å²) in [4.78, 5) is 11.4. The fourth-order valence-corrected chi connectivity index (χ4v) is 2.36. The second-order valence-corrected chi connectivity index (χ2v) is 5.47. The van der Waals surface area contributed by atoms with Gasteiger partial charge in [0.25, 0.3) is 0 Å². The lowest BCUT2D eigenvalue weighted by Gasteiger charge is -2.18. The summed E-state index contributed by atoms with van der Waals surface area (Å²) in [6.07, 6.45) is -1.00. The summed E-state index contributed by atoms with van der Waals surface area (Å²) in [6, 6.07) is 12.7. The molecule has 0 saturated heterocycles. The van der Waals surface area contributed by atoms with E-state index in [4.69, 9.17) is 4.74 Å². The Labute approximate surface area is 126 Å². The monoisotopic (exact) mass is 334 g/mol. The number of hydrogen-bond acceptors (Lipinski definition) is 2. The molecule has 1 atom stereocenters. The summed E-state index contributed by atoms with van der Waals surface area (Å²) in [5, 5.41) is 9.37. The average Bonchev–Trinajstić information content (AvgIpc) is 2.42. The van der Waals surface area contributed by atoms with Crippen LogP contribution in [0.3, 0.4) is 0 Å². The largest absolute Gasteiger partial charge is 0.478 e. The van der Waals surface area contributed by atoms with Gasteiger partial charge in [0, 0.05) is 10.0 Å². The number of carboxylic acid groups (broad SMARTS) is 1. The molecule has 3 nitrogen and oxygen atoms in total. The fraction of sp³-hybridized carbons (Fsp3) is 0.188. The minimum atomic E-state index is -1.00. The van der Waals surface area contributed by atoms with Crippen LogP contribution in [0, 0.1) is 13.8 Å². The van der Waals surface area contributed by atoms with E-state index in [-0.39, 0.29) is 0 Å². The van der Waals surface area contributed by atoms with Crippen molar-refractivity contribution >= 4 is 21.9 Å². The highest BCUT2D eigenvalue weighted by Gasteiger charge is 2.22. The third-order valence-electron chi connectivity index (χ3n) is 3.03. The van der Waals surface area contributed by atoms with Gasteiger partial charge >= 0.3 is 5.97 Å². The van der Waals surface area contributed by atoms with Gasteiger partial charge in [-0.3, -0.25) is 0 Å². The molecule has 0 aliphatic rings. The highest BCUT2D eigenvalue weighted by atomic mass is 79.9. The minimum Gasteiger partial charge on any atom is -0.478 e. The second-order valence-electron chi connectivity index (χ2n) is 4.61. The first-order valence-electron chi connectivity index (χ1n) is 6.20. The van der Waals surface area contributed by atoms with Gasteiger partial charge in [-0.1, -0.05) is 46.3 Å². The summed E-state index contributed by atoms with van der Waals surface area (Å²) in [6.45, 7) is 3.83. The lowest BCUT2D eigenvalue weighted by Crippen LogP contribution is -2.18. The minimum absolute atomic E-state index is 0.585. The molecule has 1 unspecified atom stereocenters. The molecule has 0 aliphatic heterocycles. The molecule has 0 aliphatic carbocycles. The number of ether oxygens (including phenoxy) is 1. The number of hydrogen-bond donors (Lipinski definition) is 1. The molecule has 2 rings (SSSR count). The van der Waals surface area contributed by atoms with Crippen molar-refractivity contribution < 1.29 is 14.6 Å². The Morgan fingerprint density at radius 1 is 1.15 bits per heavy atom. The molecule has 0 radical (unpaired) electrons. The normalized spacial score (nSPS) is 11.9. The Balaban J connectivity index is 2.35. The van der Waals surface area contributed by atoms with Crippen molar-refractivity contribution in [2.24, 2.45) is 0 Å². The van der Waals surface area contributed by atoms with E-state index in [1.165, 1.54) is 0 Å². The number of aliphatic carboxylic acids is 1. The third kappa shape index (κ3) is 3.20. The van der Waals surface area contributed by atoms with Gasteiger partial charge < -0.3 is 9.84 Å². The number of carboxylic acids is 1. The smallest absolute Gasteiger partial charge is 0.349 e. The maximum atomic E-state index is 11.4. The Morgan fingerprint density at radius 3 is 2.40 bits per heavy atom. The van der Waals surface area contributed by atoms with E-state index in [1.54, 1.807) is 24.3 Å². The Bertz CT molecular complexity index is 623. The quantitative estimate of drug-likeness (QED) is 0.908. The Morgan fingerprint density at radius 2 is 1.80 bits per heavy atom. The molecular formula is C16H15BrO3. The molecule has 1 N–H and O–H groups in total. The van der Waals surface area contributed by atoms with E-state index in [0.29, 0.717) is 11.3 Å². The molecule has 2 aromatic carbocycles. The van der Waals surface area contributed by atoms with Gasteiger partial charge in [-0.15, -0.1) is 0 Å². The zero-order valence-electron chi connectivity index (χ0n) is 11.3. The van der Waals surface area contributed by atoms with E-state index in [1.807, 2.05) is 32.0 Å². The van der Waals surface area contributed by atoms with Crippen LogP contribution in [0.4, 0.5) is 0 Å². The van der Waals surface area contributed by atoms with Crippen molar-refractivity contribution in [1.29, 1.82) is 0 Å². The number of halogens is 1. The first kappa shape index (κ1) is 14.6. The molecular weight excluding hydrogens is 320 g/mol. The van der Waals surface area contributed by atoms with Crippen molar-refractivity contribution in [2.75, 3.05) is 0 Å². The predicted molar refractivity (Wildman–Crippen MR) is 81.1 cm³/mol. The first-order valence-corrected chi connectivity index (χ1v) is 6.99. The highest BCUT2D eigenvalue weighted by Crippen LogP contribution is 2.30. The molecule has 104 valence electrons. The van der Waals surface area contributed by atoms with Crippen LogP contribution in [0.25, 0.3) is 0 Å². The van der Waals surface area contributed by atoms with Gasteiger partial charge in [0.2, 0.25) is 6.10 Å². The molecule has 0 fully saturated rings. The van der Waals surface area contributed by atoms with Crippen molar-refractivity contribution in [3.8, 4) is 5.75 Å². The molecule has 0 bridgehead atoms. The topological polar surface area (TPSA) is 46.5 Å². The second kappa shape index (κ2) is 6.09. The van der Waals surface area contributed by atoms with Crippen molar-refractivity contribution in [2.45, 2.75) is 20.0 Å². The molecule has 0 aromatic heterocycles. The molecule has 20 heavy (non-hydrogen) atoms. The van der Waals surface area contributed by atoms with Crippen molar-refractivity contribution in [1.82, 2.24) is 0 Å². The summed E-state index contributed by atoms with van der Waals surface area (Å²) >= 11 is 3.45. The first-order chi connectivity index (χ1) is 9.49. The SMILES string of the molecule is Cc1cc(OC(C(=O)O)c2ccccc2)c(C)cc1Br. The molecule has 2 aromatic rings. The van der Waals surface area contributed by atoms with Gasteiger partial charge in [-0.2, -0.15) is 0 Å². The van der Waals surface area contributed by atoms with Gasteiger partial charge in [0.15, 0.2) is 0 Å². The van der Waals surface area contributed by atoms with Gasteiger partial charge in [0.1, 0.15) is 5.75 Å². The summed E-state index contributed by atoms with van der Waals surface area (Å²) in [5.41, 5.74) is 2.52. The maximum Gasteiger partial charge on any atom is 0.349 e. The Hall–Kier alpha value is -1.81. The molecule has 4 heteroatoms. The zero-order chi connectivity index (χ0) is 14.7. The zero-order valence-corrected chi connectivity index (χ0v) is 12.8. The van der Waals surface area contributed by atoms with Crippen molar-refractivity contribution in [3.05, 3.63) is 63.6 Å². The van der Waals surface area contributed by atoms with Crippen LogP contribution in [-0.2, 0) is 4.79 Å². The van der Waals surface area contributed by atoms with Gasteiger partial charge in [-0.25, -0.2) is 4.79 Å². The van der Waals surface area contributed by atoms with E-state index >= 15 is 0 Å². The number of carbonyl (C=O) groups is 1. The number of rotatable bonds is 4. The molecule has 0 heterocycles. The van der Waals surface area contributed by atoms with Gasteiger partial charge in [0.05, 0.1) is 0 Å². The summed E-state index contributed by atoms with van der Waals surface area (Å²) in [7, 11) is 0. The molecule has 0 amide bonds. The van der Waals surface area contributed by atoms with Crippen LogP contribution >= 0.6 is 15.9 Å². The van der Waals surface area contributed by atoms with Crippen LogP contribution in [-0.4, -0.2) is 11.1 Å². The number of benzene rings is 2. The number of aryl methyl sites for hydroxylation is 2. The lowest BCUT2D eigenvalue weighted by molar-refractivity contribution is -0.145. The maximum absolute atomic E-state index is 11.4. The van der Waals surface area contributed by atoms with E-state index in [2.05, 4.69) is 15.9 Å². The standard InChI is InChI=1S/C16H15BrO3/c1-10-9-14(11(2)8-13(10)17)20-15(16(18)19)12-6-4-3-5-7-12/h3-9,15H,1-2H3,(H,18,19). The van der Waals surface area contributed by atoms with Gasteiger partial charge in [-0.05, 0) is 37.1 Å². The molecule has 0 saturated carbocycles. The Kier molecular flexibility index (Phi) is 4.45. The fourth-order valence-electron chi connectivity index (χ4n) is 1.90. The average molecular weight is 335 g/mol. The lowest BCUT2D eigenvalue weighted by atomic mass is 10.1. The van der Waals surface area contributed by atoms with Crippen LogP contribution in [0.5, 0.6) is 5.75 Å². The van der Waals surface area contributed by atoms with E-state index in [9.17, 15) is 9.90 Å². The van der Waals surface area contributed by atoms with Crippen LogP contribution < -0.4 is 4.74 Å². The van der Waals surface area contributed by atoms with E-state index in [0.717, 1.165) is 15.6 Å². The third-order valence-corrected chi connectivity index (χ3v) is 3.88. The molecule has 0 spiro atoms. The highest BCUT2D eigenvalue weighted by molar-refractivity contribution is 9.10. The van der Waals surface area contributed by atoms with Crippen LogP contribution in [0.2, 0.25) is 0 Å². The van der Waals surface area contributed by atoms with Crippen LogP contribution in [0.15, 0.2) is 46.9 Å². The summed E-state index contributed by atoms with van der Waals surface area (Å²) in [5.74, 6) is -0.418. The van der Waals surface area contributed by atoms with Crippen molar-refractivity contribution in [3.63, 3.8) is 0 Å². The predicted octanol–water partition coefficient (Wildman–Crippen LogP) is 4.27. The van der Waals surface area contributed by atoms with Crippen LogP contribution in [0.1, 0.15) is 22.8 Å².